The van der Waals surface area contributed by atoms with Gasteiger partial charge in [-0.15, -0.1) is 0 Å². The van der Waals surface area contributed by atoms with Gasteiger partial charge in [0.15, 0.2) is 0 Å². The number of para-hydroxylation sites is 1. The van der Waals surface area contributed by atoms with Crippen LogP contribution in [-0.2, 0) is 10.0 Å². The first kappa shape index (κ1) is 22.6. The molecule has 1 heterocycles. The van der Waals surface area contributed by atoms with Crippen LogP contribution in [0.4, 0.5) is 10.5 Å². The number of hydrogen-bond acceptors (Lipinski definition) is 4. The molecule has 1 atom stereocenters. The Morgan fingerprint density at radius 2 is 1.97 bits per heavy atom. The highest BCUT2D eigenvalue weighted by Crippen LogP contribution is 2.33. The Balaban J connectivity index is 1.75. The van der Waals surface area contributed by atoms with Gasteiger partial charge in [-0.3, -0.25) is 0 Å². The van der Waals surface area contributed by atoms with Crippen molar-refractivity contribution in [3.63, 3.8) is 0 Å². The smallest absolute Gasteiger partial charge is 0.319 e. The number of halogens is 1. The van der Waals surface area contributed by atoms with E-state index in [4.69, 9.17) is 4.74 Å². The molecule has 1 fully saturated rings. The van der Waals surface area contributed by atoms with Gasteiger partial charge in [0, 0.05) is 29.3 Å². The van der Waals surface area contributed by atoms with Gasteiger partial charge >= 0.3 is 6.03 Å². The Kier molecular flexibility index (Phi) is 7.74. The topological polar surface area (TPSA) is 87.7 Å². The number of nitrogens with one attached hydrogen (secondary N) is 2. The Hall–Kier alpha value is -2.10. The molecule has 1 aliphatic heterocycles. The van der Waals surface area contributed by atoms with Crippen molar-refractivity contribution in [2.24, 2.45) is 0 Å². The molecule has 0 aromatic heterocycles. The number of anilines is 1. The largest absolute Gasteiger partial charge is 0.492 e. The maximum absolute atomic E-state index is 13.5. The second-order valence-corrected chi connectivity index (χ2v) is 9.77. The Bertz CT molecular complexity index is 969. The first-order chi connectivity index (χ1) is 14.4. The highest BCUT2D eigenvalue weighted by Gasteiger charge is 2.35. The summed E-state index contributed by atoms with van der Waals surface area (Å²) in [5.74, 6) is 0.333. The van der Waals surface area contributed by atoms with E-state index in [1.807, 2.05) is 25.1 Å². The van der Waals surface area contributed by atoms with E-state index in [9.17, 15) is 13.2 Å². The minimum absolute atomic E-state index is 0.138. The number of piperidine rings is 1. The van der Waals surface area contributed by atoms with Crippen molar-refractivity contribution in [1.82, 2.24) is 9.62 Å². The maximum atomic E-state index is 13.5. The molecule has 0 radical (unpaired) electrons. The first-order valence-electron chi connectivity index (χ1n) is 9.96. The van der Waals surface area contributed by atoms with E-state index in [2.05, 4.69) is 26.6 Å². The minimum Gasteiger partial charge on any atom is -0.492 e. The molecule has 0 bridgehead atoms. The quantitative estimate of drug-likeness (QED) is 0.601. The minimum atomic E-state index is -3.79. The molecule has 162 valence electrons. The lowest BCUT2D eigenvalue weighted by Crippen LogP contribution is -2.49. The molecule has 2 aromatic rings. The number of amides is 2. The second-order valence-electron chi connectivity index (χ2n) is 6.99. The van der Waals surface area contributed by atoms with Gasteiger partial charge in [-0.05, 0) is 50.1 Å². The van der Waals surface area contributed by atoms with E-state index in [0.29, 0.717) is 35.5 Å². The molecule has 3 rings (SSSR count). The summed E-state index contributed by atoms with van der Waals surface area (Å²) in [6, 6.07) is 13.4. The lowest BCUT2D eigenvalue weighted by molar-refractivity contribution is 0.231. The molecule has 1 saturated heterocycles. The van der Waals surface area contributed by atoms with Gasteiger partial charge < -0.3 is 15.4 Å². The summed E-state index contributed by atoms with van der Waals surface area (Å²) in [6.07, 6.45) is 2.38. The summed E-state index contributed by atoms with van der Waals surface area (Å²) in [5.41, 5.74) is 0.679. The summed E-state index contributed by atoms with van der Waals surface area (Å²) in [7, 11) is -3.79. The van der Waals surface area contributed by atoms with Gasteiger partial charge in [0.1, 0.15) is 10.6 Å². The van der Waals surface area contributed by atoms with Crippen molar-refractivity contribution < 1.29 is 17.9 Å². The zero-order valence-corrected chi connectivity index (χ0v) is 19.2. The highest BCUT2D eigenvalue weighted by molar-refractivity contribution is 9.10. The number of benzene rings is 2. The van der Waals surface area contributed by atoms with Crippen molar-refractivity contribution >= 4 is 37.7 Å². The fraction of sp³-hybridized carbons (Fsp3) is 0.381. The average molecular weight is 496 g/mol. The Labute approximate surface area is 186 Å². The first-order valence-corrected chi connectivity index (χ1v) is 12.2. The van der Waals surface area contributed by atoms with Gasteiger partial charge in [-0.1, -0.05) is 40.5 Å². The molecule has 30 heavy (non-hydrogen) atoms. The van der Waals surface area contributed by atoms with E-state index in [1.165, 1.54) is 4.31 Å². The fourth-order valence-electron chi connectivity index (χ4n) is 3.49. The van der Waals surface area contributed by atoms with Crippen molar-refractivity contribution in [2.75, 3.05) is 25.0 Å². The fourth-order valence-corrected chi connectivity index (χ4v) is 5.85. The van der Waals surface area contributed by atoms with Gasteiger partial charge in [0.25, 0.3) is 0 Å². The van der Waals surface area contributed by atoms with Crippen LogP contribution in [0.1, 0.15) is 26.2 Å². The molecule has 0 spiro atoms. The third kappa shape index (κ3) is 5.53. The summed E-state index contributed by atoms with van der Waals surface area (Å²) in [6.45, 7) is 2.83. The molecule has 7 nitrogen and oxygen atoms in total. The van der Waals surface area contributed by atoms with Crippen LogP contribution >= 0.6 is 15.9 Å². The number of ether oxygens (including phenoxy) is 1. The normalized spacial score (nSPS) is 17.3. The van der Waals surface area contributed by atoms with E-state index >= 15 is 0 Å². The molecular formula is C21H26BrN3O4S. The molecule has 1 aliphatic rings. The number of carbonyl (C=O) groups excluding carboxylic acids is 1. The zero-order valence-electron chi connectivity index (χ0n) is 16.8. The monoisotopic (exact) mass is 495 g/mol. The summed E-state index contributed by atoms with van der Waals surface area (Å²) < 4.78 is 34.7. The number of hydrogen-bond donors (Lipinski definition) is 2. The maximum Gasteiger partial charge on any atom is 0.319 e. The SMILES string of the molecule is CCOc1ccc(Br)cc1S(=O)(=O)N1CCCC[C@H]1CNC(=O)Nc1ccccc1. The van der Waals surface area contributed by atoms with Crippen LogP contribution in [0.5, 0.6) is 5.75 Å². The Morgan fingerprint density at radius 1 is 1.20 bits per heavy atom. The standard InChI is InChI=1S/C21H26BrN3O4S/c1-2-29-19-12-11-16(22)14-20(19)30(27,28)25-13-7-6-10-18(25)15-23-21(26)24-17-8-4-3-5-9-17/h3-5,8-9,11-12,14,18H,2,6-7,10,13,15H2,1H3,(H2,23,24,26)/t18-/m0/s1. The number of rotatable bonds is 7. The molecule has 9 heteroatoms. The molecular weight excluding hydrogens is 470 g/mol. The number of urea groups is 1. The average Bonchev–Trinajstić information content (AvgIpc) is 2.74. The number of sulfonamides is 1. The predicted molar refractivity (Wildman–Crippen MR) is 120 cm³/mol. The van der Waals surface area contributed by atoms with E-state index in [0.717, 1.165) is 12.8 Å². The summed E-state index contributed by atoms with van der Waals surface area (Å²) in [5, 5.41) is 5.56. The molecule has 2 amide bonds. The Morgan fingerprint density at radius 3 is 2.70 bits per heavy atom. The summed E-state index contributed by atoms with van der Waals surface area (Å²) in [4.78, 5) is 12.4. The third-order valence-corrected chi connectivity index (χ3v) is 7.36. The van der Waals surface area contributed by atoms with Crippen molar-refractivity contribution in [3.8, 4) is 5.75 Å². The van der Waals surface area contributed by atoms with Crippen LogP contribution in [-0.4, -0.2) is 44.5 Å². The predicted octanol–water partition coefficient (Wildman–Crippen LogP) is 4.21. The van der Waals surface area contributed by atoms with Crippen molar-refractivity contribution in [3.05, 3.63) is 53.0 Å². The van der Waals surface area contributed by atoms with Crippen molar-refractivity contribution in [2.45, 2.75) is 37.1 Å². The highest BCUT2D eigenvalue weighted by atomic mass is 79.9. The number of carbonyl (C=O) groups is 1. The molecule has 0 aliphatic carbocycles. The van der Waals surface area contributed by atoms with Gasteiger partial charge in [-0.25, -0.2) is 13.2 Å². The lowest BCUT2D eigenvalue weighted by atomic mass is 10.1. The second kappa shape index (κ2) is 10.3. The van der Waals surface area contributed by atoms with Crippen LogP contribution in [0.25, 0.3) is 0 Å². The van der Waals surface area contributed by atoms with Gasteiger partial charge in [-0.2, -0.15) is 4.31 Å². The van der Waals surface area contributed by atoms with E-state index in [-0.39, 0.29) is 23.5 Å². The molecule has 0 saturated carbocycles. The van der Waals surface area contributed by atoms with Crippen LogP contribution < -0.4 is 15.4 Å². The third-order valence-electron chi connectivity index (χ3n) is 4.90. The van der Waals surface area contributed by atoms with Crippen LogP contribution in [0.2, 0.25) is 0 Å². The van der Waals surface area contributed by atoms with Crippen LogP contribution in [0.15, 0.2) is 57.9 Å². The van der Waals surface area contributed by atoms with Gasteiger partial charge in [0.2, 0.25) is 10.0 Å². The van der Waals surface area contributed by atoms with Crippen LogP contribution in [0, 0.1) is 0 Å². The number of nitrogens with zero attached hydrogens (tertiary/aromatic N) is 1. The molecule has 2 N–H and O–H groups in total. The molecule has 2 aromatic carbocycles. The van der Waals surface area contributed by atoms with Gasteiger partial charge in [0.05, 0.1) is 6.61 Å². The van der Waals surface area contributed by atoms with E-state index < -0.39 is 10.0 Å². The van der Waals surface area contributed by atoms with E-state index in [1.54, 1.807) is 30.3 Å². The van der Waals surface area contributed by atoms with Crippen molar-refractivity contribution in [1.29, 1.82) is 0 Å². The summed E-state index contributed by atoms with van der Waals surface area (Å²) >= 11 is 3.36. The lowest BCUT2D eigenvalue weighted by Gasteiger charge is -2.35. The zero-order chi connectivity index (χ0) is 21.6. The molecule has 0 unspecified atom stereocenters. The van der Waals surface area contributed by atoms with Crippen LogP contribution in [0.3, 0.4) is 0 Å².